The third kappa shape index (κ3) is 12.2. The van der Waals surface area contributed by atoms with E-state index in [0.29, 0.717) is 18.4 Å². The number of carboxylic acids is 1. The predicted octanol–water partition coefficient (Wildman–Crippen LogP) is 5.00. The summed E-state index contributed by atoms with van der Waals surface area (Å²) in [5.41, 5.74) is 0.466. The van der Waals surface area contributed by atoms with Crippen LogP contribution in [0.5, 0.6) is 11.5 Å². The van der Waals surface area contributed by atoms with Gasteiger partial charge in [0.1, 0.15) is 18.2 Å². The number of aliphatic carboxylic acids is 1. The standard InChI is InChI=1S/C27H39NO11/c1-4-13-34-25(31)38-22-12-11-19(16-23(22)39-26(32)35-14-5-2)15-21(24(29)30)28-17-18(3)36-27(33)37-20-9-7-6-8-10-20/h11-12,16,18,20-21,28H,4-10,13-15,17H2,1-3H3,(H,29,30)/t18?,21-/m0/s1. The van der Waals surface area contributed by atoms with E-state index in [9.17, 15) is 24.3 Å². The molecule has 0 spiro atoms. The number of benzene rings is 1. The molecule has 218 valence electrons. The molecule has 0 saturated heterocycles. The molecule has 1 saturated carbocycles. The third-order valence-corrected chi connectivity index (χ3v) is 5.74. The average Bonchev–Trinajstić information content (AvgIpc) is 2.90. The van der Waals surface area contributed by atoms with Crippen molar-refractivity contribution in [3.63, 3.8) is 0 Å². The van der Waals surface area contributed by atoms with Crippen LogP contribution in [0.4, 0.5) is 14.4 Å². The highest BCUT2D eigenvalue weighted by Crippen LogP contribution is 2.30. The van der Waals surface area contributed by atoms with Gasteiger partial charge in [0, 0.05) is 6.54 Å². The van der Waals surface area contributed by atoms with Crippen molar-refractivity contribution in [1.82, 2.24) is 5.32 Å². The quantitative estimate of drug-likeness (QED) is 0.181. The molecule has 2 atom stereocenters. The lowest BCUT2D eigenvalue weighted by molar-refractivity contribution is -0.139. The molecule has 1 unspecified atom stereocenters. The Kier molecular flexibility index (Phi) is 13.9. The van der Waals surface area contributed by atoms with E-state index in [4.69, 9.17) is 28.4 Å². The summed E-state index contributed by atoms with van der Waals surface area (Å²) in [4.78, 5) is 47.9. The Morgan fingerprint density at radius 3 is 2.13 bits per heavy atom. The maximum absolute atomic E-state index is 12.1. The molecule has 2 rings (SSSR count). The van der Waals surface area contributed by atoms with E-state index in [0.717, 1.165) is 32.1 Å². The lowest BCUT2D eigenvalue weighted by atomic mass is 9.98. The number of ether oxygens (including phenoxy) is 6. The van der Waals surface area contributed by atoms with Crippen LogP contribution in [0, 0.1) is 0 Å². The van der Waals surface area contributed by atoms with Gasteiger partial charge in [0.2, 0.25) is 0 Å². The summed E-state index contributed by atoms with van der Waals surface area (Å²) in [5.74, 6) is -1.36. The van der Waals surface area contributed by atoms with Gasteiger partial charge in [-0.1, -0.05) is 26.3 Å². The van der Waals surface area contributed by atoms with Gasteiger partial charge >= 0.3 is 24.4 Å². The van der Waals surface area contributed by atoms with E-state index in [-0.39, 0.29) is 43.8 Å². The van der Waals surface area contributed by atoms with Crippen LogP contribution in [0.25, 0.3) is 0 Å². The maximum Gasteiger partial charge on any atom is 0.513 e. The topological polar surface area (TPSA) is 156 Å². The fourth-order valence-electron chi connectivity index (χ4n) is 3.80. The summed E-state index contributed by atoms with van der Waals surface area (Å²) in [5, 5.41) is 12.6. The minimum Gasteiger partial charge on any atom is -0.480 e. The first kappa shape index (κ1) is 31.7. The van der Waals surface area contributed by atoms with Gasteiger partial charge in [0.15, 0.2) is 11.5 Å². The van der Waals surface area contributed by atoms with Crippen molar-refractivity contribution in [3.05, 3.63) is 23.8 Å². The normalized spacial score (nSPS) is 14.9. The zero-order valence-electron chi connectivity index (χ0n) is 22.8. The average molecular weight is 554 g/mol. The molecule has 12 heteroatoms. The third-order valence-electron chi connectivity index (χ3n) is 5.74. The summed E-state index contributed by atoms with van der Waals surface area (Å²) in [6.45, 7) is 5.62. The Balaban J connectivity index is 2.01. The Morgan fingerprint density at radius 1 is 0.923 bits per heavy atom. The van der Waals surface area contributed by atoms with Crippen molar-refractivity contribution < 1.29 is 52.7 Å². The van der Waals surface area contributed by atoms with Gasteiger partial charge in [-0.05, 0) is 69.6 Å². The minimum atomic E-state index is -1.14. The van der Waals surface area contributed by atoms with Crippen molar-refractivity contribution in [2.75, 3.05) is 19.8 Å². The van der Waals surface area contributed by atoms with E-state index in [1.54, 1.807) is 6.92 Å². The molecule has 39 heavy (non-hydrogen) atoms. The molecular weight excluding hydrogens is 514 g/mol. The number of rotatable bonds is 14. The Bertz CT molecular complexity index is 946. The van der Waals surface area contributed by atoms with Crippen LogP contribution in [-0.4, -0.2) is 67.6 Å². The SMILES string of the molecule is CCCOC(=O)Oc1ccc(C[C@H](NCC(C)OC(=O)OC2CCCCC2)C(=O)O)cc1OC(=O)OCCC. The van der Waals surface area contributed by atoms with Crippen molar-refractivity contribution >= 4 is 24.4 Å². The lowest BCUT2D eigenvalue weighted by Gasteiger charge is -2.23. The van der Waals surface area contributed by atoms with Crippen LogP contribution in [0.15, 0.2) is 18.2 Å². The van der Waals surface area contributed by atoms with Gasteiger partial charge in [-0.15, -0.1) is 0 Å². The number of carbonyl (C=O) groups is 4. The smallest absolute Gasteiger partial charge is 0.480 e. The number of hydrogen-bond donors (Lipinski definition) is 2. The van der Waals surface area contributed by atoms with Crippen molar-refractivity contribution in [2.24, 2.45) is 0 Å². The summed E-state index contributed by atoms with van der Waals surface area (Å²) in [6.07, 6.45) is 2.40. The molecule has 0 aliphatic heterocycles. The highest BCUT2D eigenvalue weighted by atomic mass is 16.7. The van der Waals surface area contributed by atoms with Crippen molar-refractivity contribution in [1.29, 1.82) is 0 Å². The fourth-order valence-corrected chi connectivity index (χ4v) is 3.80. The zero-order chi connectivity index (χ0) is 28.6. The summed E-state index contributed by atoms with van der Waals surface area (Å²) in [6, 6.07) is 3.23. The monoisotopic (exact) mass is 553 g/mol. The first-order chi connectivity index (χ1) is 18.7. The van der Waals surface area contributed by atoms with Gasteiger partial charge < -0.3 is 38.8 Å². The first-order valence-corrected chi connectivity index (χ1v) is 13.4. The van der Waals surface area contributed by atoms with Gasteiger partial charge in [-0.3, -0.25) is 4.79 Å². The van der Waals surface area contributed by atoms with Gasteiger partial charge in [-0.2, -0.15) is 0 Å². The van der Waals surface area contributed by atoms with Crippen LogP contribution >= 0.6 is 0 Å². The molecule has 0 bridgehead atoms. The largest absolute Gasteiger partial charge is 0.513 e. The Hall–Kier alpha value is -3.54. The van der Waals surface area contributed by atoms with E-state index >= 15 is 0 Å². The lowest BCUT2D eigenvalue weighted by Crippen LogP contribution is -2.43. The van der Waals surface area contributed by atoms with Crippen molar-refractivity contribution in [3.8, 4) is 11.5 Å². The van der Waals surface area contributed by atoms with Crippen LogP contribution in [0.3, 0.4) is 0 Å². The molecule has 0 amide bonds. The second kappa shape index (κ2) is 17.1. The van der Waals surface area contributed by atoms with Crippen molar-refractivity contribution in [2.45, 2.75) is 90.4 Å². The molecule has 1 fully saturated rings. The first-order valence-electron chi connectivity index (χ1n) is 13.4. The molecule has 1 aliphatic carbocycles. The van der Waals surface area contributed by atoms with E-state index in [1.807, 2.05) is 13.8 Å². The molecule has 0 heterocycles. The van der Waals surface area contributed by atoms with E-state index in [2.05, 4.69) is 5.32 Å². The Labute approximate surface area is 228 Å². The van der Waals surface area contributed by atoms with Gasteiger partial charge in [0.25, 0.3) is 0 Å². The summed E-state index contributed by atoms with van der Waals surface area (Å²) < 4.78 is 30.8. The maximum atomic E-state index is 12.1. The van der Waals surface area contributed by atoms with Crippen LogP contribution in [-0.2, 0) is 30.2 Å². The van der Waals surface area contributed by atoms with Gasteiger partial charge in [-0.25, -0.2) is 14.4 Å². The number of hydrogen-bond acceptors (Lipinski definition) is 11. The summed E-state index contributed by atoms with van der Waals surface area (Å²) >= 11 is 0. The van der Waals surface area contributed by atoms with Crippen LogP contribution in [0.2, 0.25) is 0 Å². The van der Waals surface area contributed by atoms with Crippen LogP contribution in [0.1, 0.15) is 71.3 Å². The van der Waals surface area contributed by atoms with Crippen LogP contribution < -0.4 is 14.8 Å². The fraction of sp³-hybridized carbons (Fsp3) is 0.630. The second-order valence-corrected chi connectivity index (χ2v) is 9.24. The second-order valence-electron chi connectivity index (χ2n) is 9.24. The predicted molar refractivity (Wildman–Crippen MR) is 138 cm³/mol. The number of carbonyl (C=O) groups excluding carboxylic acids is 3. The highest BCUT2D eigenvalue weighted by molar-refractivity contribution is 5.74. The molecular formula is C27H39NO11. The molecule has 0 aromatic heterocycles. The van der Waals surface area contributed by atoms with Gasteiger partial charge in [0.05, 0.1) is 13.2 Å². The molecule has 12 nitrogen and oxygen atoms in total. The van der Waals surface area contributed by atoms with E-state index < -0.39 is 36.6 Å². The highest BCUT2D eigenvalue weighted by Gasteiger charge is 2.24. The molecule has 1 aliphatic rings. The minimum absolute atomic E-state index is 0.0184. The Morgan fingerprint density at radius 2 is 1.54 bits per heavy atom. The summed E-state index contributed by atoms with van der Waals surface area (Å²) in [7, 11) is 0. The number of nitrogens with one attached hydrogen (secondary N) is 1. The molecule has 0 radical (unpaired) electrons. The molecule has 1 aromatic rings. The zero-order valence-corrected chi connectivity index (χ0v) is 22.8. The molecule has 1 aromatic carbocycles. The van der Waals surface area contributed by atoms with E-state index in [1.165, 1.54) is 18.2 Å². The molecule has 2 N–H and O–H groups in total. The number of carboxylic acid groups (broad SMARTS) is 1.